The summed E-state index contributed by atoms with van der Waals surface area (Å²) >= 11 is 0. The summed E-state index contributed by atoms with van der Waals surface area (Å²) in [5.74, 6) is -0.00537. The van der Waals surface area contributed by atoms with Gasteiger partial charge >= 0.3 is 0 Å². The van der Waals surface area contributed by atoms with Crippen molar-refractivity contribution < 1.29 is 37.4 Å². The van der Waals surface area contributed by atoms with Crippen LogP contribution in [0.25, 0.3) is 56.2 Å². The minimum Gasteiger partial charge on any atom is -0.497 e. The molecule has 2 aliphatic rings. The molecule has 5 aromatic carbocycles. The third-order valence-corrected chi connectivity index (χ3v) is 11.5. The normalized spacial score (nSPS) is 12.9. The maximum Gasteiger partial charge on any atom is 0.251 e. The van der Waals surface area contributed by atoms with Gasteiger partial charge in [-0.25, -0.2) is 23.7 Å². The Morgan fingerprint density at radius 3 is 1.61 bits per heavy atom. The fourth-order valence-electron chi connectivity index (χ4n) is 8.14. The molecule has 5 heterocycles. The number of halogens is 2. The third kappa shape index (κ3) is 8.02. The summed E-state index contributed by atoms with van der Waals surface area (Å²) in [5, 5.41) is 11.0. The minimum absolute atomic E-state index is 0.01000. The molecule has 0 unspecified atom stereocenters. The van der Waals surface area contributed by atoms with Gasteiger partial charge in [0, 0.05) is 66.9 Å². The molecule has 0 radical (unpaired) electrons. The molecular weight excluding hydrogens is 849 g/mol. The number of aryl methyl sites for hydroxylation is 2. The number of rotatable bonds is 8. The molecule has 0 spiro atoms. The highest BCUT2D eigenvalue weighted by Crippen LogP contribution is 2.36. The maximum absolute atomic E-state index is 15.0. The van der Waals surface area contributed by atoms with Crippen LogP contribution in [0.2, 0.25) is 0 Å². The van der Waals surface area contributed by atoms with Crippen LogP contribution in [0.15, 0.2) is 103 Å². The van der Waals surface area contributed by atoms with E-state index in [0.717, 1.165) is 45.6 Å². The van der Waals surface area contributed by atoms with Gasteiger partial charge in [-0.2, -0.15) is 0 Å². The van der Waals surface area contributed by atoms with Crippen molar-refractivity contribution in [2.24, 2.45) is 0 Å². The zero-order valence-corrected chi connectivity index (χ0v) is 36.1. The van der Waals surface area contributed by atoms with Gasteiger partial charge in [-0.15, -0.1) is 0 Å². The predicted octanol–water partition coefficient (Wildman–Crippen LogP) is 7.56. The summed E-state index contributed by atoms with van der Waals surface area (Å²) in [6, 6.07) is 27.7. The molecule has 0 saturated carbocycles. The molecule has 8 aromatic rings. The van der Waals surface area contributed by atoms with Gasteiger partial charge in [-0.1, -0.05) is 0 Å². The first-order chi connectivity index (χ1) is 32.0. The first-order valence-corrected chi connectivity index (χ1v) is 20.9. The van der Waals surface area contributed by atoms with Crippen molar-refractivity contribution in [3.63, 3.8) is 0 Å². The van der Waals surface area contributed by atoms with Crippen molar-refractivity contribution in [2.75, 3.05) is 38.9 Å². The molecule has 0 bridgehead atoms. The van der Waals surface area contributed by atoms with Gasteiger partial charge in [0.25, 0.3) is 11.8 Å². The number of imidazole rings is 2. The fourth-order valence-corrected chi connectivity index (χ4v) is 8.14. The van der Waals surface area contributed by atoms with Crippen molar-refractivity contribution in [3.8, 4) is 45.8 Å². The van der Waals surface area contributed by atoms with Crippen LogP contribution in [0, 0.1) is 11.6 Å². The lowest BCUT2D eigenvalue weighted by molar-refractivity contribution is -0.117. The Morgan fingerprint density at radius 2 is 1.12 bits per heavy atom. The van der Waals surface area contributed by atoms with Crippen LogP contribution in [0.3, 0.4) is 0 Å². The Morgan fingerprint density at radius 1 is 0.606 bits per heavy atom. The summed E-state index contributed by atoms with van der Waals surface area (Å²) in [6.07, 6.45) is 3.13. The van der Waals surface area contributed by atoms with Gasteiger partial charge in [-0.05, 0) is 115 Å². The van der Waals surface area contributed by atoms with Crippen molar-refractivity contribution in [3.05, 3.63) is 137 Å². The van der Waals surface area contributed by atoms with E-state index in [1.807, 2.05) is 45.5 Å². The predicted molar refractivity (Wildman–Crippen MR) is 245 cm³/mol. The van der Waals surface area contributed by atoms with E-state index >= 15 is 0 Å². The Bertz CT molecular complexity index is 3070. The van der Waals surface area contributed by atoms with Crippen molar-refractivity contribution in [1.29, 1.82) is 0 Å². The van der Waals surface area contributed by atoms with Gasteiger partial charge in [0.15, 0.2) is 5.82 Å². The van der Waals surface area contributed by atoms with Crippen LogP contribution in [-0.4, -0.2) is 76.0 Å². The number of anilines is 2. The van der Waals surface area contributed by atoms with Crippen LogP contribution in [0.1, 0.15) is 44.7 Å². The second-order valence-corrected chi connectivity index (χ2v) is 15.4. The highest BCUT2D eigenvalue weighted by Gasteiger charge is 2.24. The molecule has 15 nitrogen and oxygen atoms in total. The number of nitrogens with one attached hydrogen (secondary N) is 4. The van der Waals surface area contributed by atoms with Crippen LogP contribution >= 0.6 is 0 Å². The maximum atomic E-state index is 15.0. The van der Waals surface area contributed by atoms with E-state index in [-0.39, 0.29) is 40.6 Å². The van der Waals surface area contributed by atoms with E-state index in [9.17, 15) is 28.0 Å². The Hall–Kier alpha value is -8.47. The van der Waals surface area contributed by atoms with Crippen molar-refractivity contribution in [1.82, 2.24) is 34.7 Å². The average Bonchev–Trinajstić information content (AvgIpc) is 3.92. The summed E-state index contributed by atoms with van der Waals surface area (Å²) in [5.41, 5.74) is 8.95. The van der Waals surface area contributed by atoms with Gasteiger partial charge in [-0.3, -0.25) is 28.3 Å². The van der Waals surface area contributed by atoms with Crippen LogP contribution in [0.5, 0.6) is 11.6 Å². The van der Waals surface area contributed by atoms with Crippen LogP contribution < -0.4 is 30.7 Å². The average molecular weight is 890 g/mol. The number of ether oxygens (including phenoxy) is 2. The number of carbonyl (C=O) groups is 4. The molecule has 332 valence electrons. The lowest BCUT2D eigenvalue weighted by Gasteiger charge is -2.19. The molecule has 66 heavy (non-hydrogen) atoms. The van der Waals surface area contributed by atoms with Crippen LogP contribution in [0.4, 0.5) is 20.2 Å². The highest BCUT2D eigenvalue weighted by molar-refractivity contribution is 6.00. The molecule has 0 atom stereocenters. The summed E-state index contributed by atoms with van der Waals surface area (Å²) in [6.45, 7) is 0. The third-order valence-electron chi connectivity index (χ3n) is 11.5. The van der Waals surface area contributed by atoms with E-state index in [1.54, 1.807) is 62.6 Å². The number of carbonyl (C=O) groups excluding carboxylic acids is 4. The van der Waals surface area contributed by atoms with Crippen molar-refractivity contribution >= 4 is 57.1 Å². The van der Waals surface area contributed by atoms with E-state index in [0.29, 0.717) is 70.8 Å². The second-order valence-electron chi connectivity index (χ2n) is 15.4. The topological polar surface area (TPSA) is 183 Å². The molecule has 0 aliphatic carbocycles. The molecule has 2 aliphatic heterocycles. The smallest absolute Gasteiger partial charge is 0.251 e. The Kier molecular flexibility index (Phi) is 11.4. The first kappa shape index (κ1) is 42.8. The van der Waals surface area contributed by atoms with Gasteiger partial charge in [0.1, 0.15) is 23.2 Å². The highest BCUT2D eigenvalue weighted by atomic mass is 19.1. The Labute approximate surface area is 375 Å². The SMILES string of the molecule is CNC(=O)c1ccc2c(c1)nc(-c1cc(OC)ccc1F)n2-c1ccc2c(c1)CCC(=O)N2.CNC(=O)c1ccc2c(c1)nc(-c1cc(OC)ncc1F)n2-c1ccc2c(c1)CCC(=O)N2. The Balaban J connectivity index is 0.000000166. The zero-order valence-electron chi connectivity index (χ0n) is 36.1. The summed E-state index contributed by atoms with van der Waals surface area (Å²) in [4.78, 5) is 61.1. The number of hydrogen-bond acceptors (Lipinski definition) is 9. The fraction of sp³-hybridized carbons (Fsp3) is 0.163. The number of nitrogens with zero attached hydrogens (tertiary/aromatic N) is 5. The lowest BCUT2D eigenvalue weighted by Crippen LogP contribution is -2.19. The van der Waals surface area contributed by atoms with Crippen molar-refractivity contribution in [2.45, 2.75) is 25.7 Å². The number of pyridine rings is 1. The second kappa shape index (κ2) is 17.6. The van der Waals surface area contributed by atoms with E-state index in [2.05, 4.69) is 31.2 Å². The molecule has 17 heteroatoms. The number of fused-ring (bicyclic) bond motifs is 4. The van der Waals surface area contributed by atoms with E-state index in [1.165, 1.54) is 26.4 Å². The molecule has 3 aromatic heterocycles. The van der Waals surface area contributed by atoms with E-state index < -0.39 is 11.6 Å². The molecule has 4 N–H and O–H groups in total. The largest absolute Gasteiger partial charge is 0.497 e. The molecule has 0 fully saturated rings. The lowest BCUT2D eigenvalue weighted by atomic mass is 10.0. The van der Waals surface area contributed by atoms with Gasteiger partial charge in [0.05, 0.1) is 53.6 Å². The minimum atomic E-state index is -0.552. The quantitative estimate of drug-likeness (QED) is 0.120. The number of aromatic nitrogens is 5. The summed E-state index contributed by atoms with van der Waals surface area (Å²) in [7, 11) is 6.10. The number of methoxy groups -OCH3 is 2. The number of hydrogen-bond donors (Lipinski definition) is 4. The first-order valence-electron chi connectivity index (χ1n) is 20.9. The number of amides is 4. The number of benzene rings is 5. The monoisotopic (exact) mass is 889 g/mol. The molecule has 0 saturated heterocycles. The summed E-state index contributed by atoms with van der Waals surface area (Å²) < 4.78 is 44.1. The standard InChI is InChI=1S/C25H21FN4O3.C24H20FN5O3/c1-27-25(32)15-3-9-22-21(12-15)29-24(18-13-17(33-2)6-7-19(18)26)30(22)16-5-8-20-14(11-16)4-10-23(31)28-20;1-26-24(32)14-3-7-20-19(10-14)29-23(16-11-22(33-2)27-12-17(16)25)30(20)15-5-6-18-13(9-15)4-8-21(31)28-18/h3,5-9,11-13H,4,10H2,1-2H3,(H,27,32)(H,28,31);3,5-7,9-12H,4,8H2,1-2H3,(H,26,32)(H,28,31). The van der Waals surface area contributed by atoms with Gasteiger partial charge < -0.3 is 30.7 Å². The molecule has 4 amide bonds. The molecule has 10 rings (SSSR count). The molecular formula is C49H41F2N9O6. The van der Waals surface area contributed by atoms with Gasteiger partial charge in [0.2, 0.25) is 17.7 Å². The van der Waals surface area contributed by atoms with E-state index in [4.69, 9.17) is 14.5 Å². The zero-order chi connectivity index (χ0) is 46.2. The van der Waals surface area contributed by atoms with Crippen LogP contribution in [-0.2, 0) is 22.4 Å².